The van der Waals surface area contributed by atoms with Crippen LogP contribution in [-0.2, 0) is 21.4 Å². The first-order valence-electron chi connectivity index (χ1n) is 12.2. The zero-order valence-electron chi connectivity index (χ0n) is 21.2. The predicted octanol–water partition coefficient (Wildman–Crippen LogP) is 7.47. The number of hydrogen-bond acceptors (Lipinski definition) is 5. The summed E-state index contributed by atoms with van der Waals surface area (Å²) in [6.45, 7) is 0.462. The van der Waals surface area contributed by atoms with Gasteiger partial charge in [-0.25, -0.2) is 8.42 Å². The largest absolute Gasteiger partial charge is 0.322 e. The first-order valence-corrected chi connectivity index (χ1v) is 15.9. The molecule has 2 amide bonds. The van der Waals surface area contributed by atoms with Gasteiger partial charge in [0.25, 0.3) is 15.9 Å². The van der Waals surface area contributed by atoms with Crippen molar-refractivity contribution in [1.82, 2.24) is 4.90 Å². The molecule has 0 bridgehead atoms. The van der Waals surface area contributed by atoms with E-state index in [1.807, 2.05) is 29.2 Å². The number of nitrogens with one attached hydrogen (secondary N) is 2. The minimum absolute atomic E-state index is 0.0114. The van der Waals surface area contributed by atoms with E-state index in [9.17, 15) is 18.0 Å². The van der Waals surface area contributed by atoms with E-state index in [0.717, 1.165) is 11.1 Å². The van der Waals surface area contributed by atoms with E-state index in [1.54, 1.807) is 36.4 Å². The van der Waals surface area contributed by atoms with E-state index in [2.05, 4.69) is 10.0 Å². The molecule has 1 fully saturated rings. The van der Waals surface area contributed by atoms with Crippen LogP contribution in [0.3, 0.4) is 0 Å². The Kier molecular flexibility index (Phi) is 8.82. The molecular weight excluding hydrogens is 625 g/mol. The third kappa shape index (κ3) is 6.82. The zero-order chi connectivity index (χ0) is 29.1. The van der Waals surface area contributed by atoms with Gasteiger partial charge < -0.3 is 10.2 Å². The topological polar surface area (TPSA) is 95.6 Å². The van der Waals surface area contributed by atoms with Gasteiger partial charge in [0.1, 0.15) is 5.37 Å². The Hall–Kier alpha value is -3.21. The zero-order valence-corrected chi connectivity index (χ0v) is 25.1. The van der Waals surface area contributed by atoms with Crippen molar-refractivity contribution in [1.29, 1.82) is 0 Å². The van der Waals surface area contributed by atoms with E-state index in [4.69, 9.17) is 34.8 Å². The summed E-state index contributed by atoms with van der Waals surface area (Å²) in [5, 5.41) is 3.57. The molecule has 1 atom stereocenters. The van der Waals surface area contributed by atoms with Crippen molar-refractivity contribution in [2.45, 2.75) is 16.8 Å². The molecule has 210 valence electrons. The van der Waals surface area contributed by atoms with Gasteiger partial charge in [-0.15, -0.1) is 11.8 Å². The summed E-state index contributed by atoms with van der Waals surface area (Å²) in [6.07, 6.45) is 0. The van der Waals surface area contributed by atoms with Crippen molar-refractivity contribution in [3.05, 3.63) is 123 Å². The monoisotopic (exact) mass is 645 g/mol. The van der Waals surface area contributed by atoms with Crippen LogP contribution in [0.2, 0.25) is 15.1 Å². The average molecular weight is 647 g/mol. The molecule has 0 radical (unpaired) electrons. The fraction of sp³-hybridized carbons (Fsp3) is 0.103. The van der Waals surface area contributed by atoms with Crippen molar-refractivity contribution in [3.8, 4) is 0 Å². The number of nitrogens with zero attached hydrogens (tertiary/aromatic N) is 1. The first-order chi connectivity index (χ1) is 19.6. The van der Waals surface area contributed by atoms with Crippen LogP contribution < -0.4 is 10.0 Å². The van der Waals surface area contributed by atoms with Crippen LogP contribution in [0.15, 0.2) is 95.9 Å². The lowest BCUT2D eigenvalue weighted by Gasteiger charge is -2.24. The van der Waals surface area contributed by atoms with Crippen molar-refractivity contribution >= 4 is 79.8 Å². The summed E-state index contributed by atoms with van der Waals surface area (Å²) in [7, 11) is -3.94. The summed E-state index contributed by atoms with van der Waals surface area (Å²) in [4.78, 5) is 27.3. The molecule has 0 aromatic heterocycles. The molecule has 0 aliphatic carbocycles. The van der Waals surface area contributed by atoms with E-state index < -0.39 is 10.0 Å². The van der Waals surface area contributed by atoms with Crippen LogP contribution in [0.5, 0.6) is 0 Å². The number of anilines is 2. The molecule has 4 aromatic rings. The Bertz CT molecular complexity index is 1700. The third-order valence-corrected chi connectivity index (χ3v) is 10.0. The van der Waals surface area contributed by atoms with Crippen LogP contribution in [0, 0.1) is 0 Å². The molecule has 1 saturated heterocycles. The standard InChI is InChI=1S/C29H22Cl3N3O4S2/c30-21-10-4-18(5-11-21)16-35-26(36)17-40-29(35)20-8-6-19(7-9-20)28(37)33-22-12-14-23(15-13-22)41(38,39)34-25-3-1-2-24(31)27(25)32/h1-15,29,34H,16-17H2,(H,33,37)/t29-/m0/s1. The number of thioether (sulfide) groups is 1. The highest BCUT2D eigenvalue weighted by atomic mass is 35.5. The van der Waals surface area contributed by atoms with E-state index in [0.29, 0.717) is 28.6 Å². The molecule has 0 unspecified atom stereocenters. The molecule has 0 spiro atoms. The number of carbonyl (C=O) groups excluding carboxylic acids is 2. The number of hydrogen-bond donors (Lipinski definition) is 2. The molecule has 41 heavy (non-hydrogen) atoms. The Labute approximate surface area is 256 Å². The van der Waals surface area contributed by atoms with Gasteiger partial charge in [0.05, 0.1) is 26.4 Å². The van der Waals surface area contributed by atoms with Gasteiger partial charge in [-0.2, -0.15) is 0 Å². The number of amides is 2. The predicted molar refractivity (Wildman–Crippen MR) is 165 cm³/mol. The lowest BCUT2D eigenvalue weighted by molar-refractivity contribution is -0.128. The SMILES string of the molecule is O=C(Nc1ccc(S(=O)(=O)Nc2cccc(Cl)c2Cl)cc1)c1ccc([C@@H]2SCC(=O)N2Cc2ccc(Cl)cc2)cc1. The van der Waals surface area contributed by atoms with Gasteiger partial charge in [0.15, 0.2) is 0 Å². The summed E-state index contributed by atoms with van der Waals surface area (Å²) in [5.41, 5.74) is 2.89. The van der Waals surface area contributed by atoms with Crippen LogP contribution in [0.1, 0.15) is 26.9 Å². The molecule has 1 heterocycles. The number of sulfonamides is 1. The molecule has 1 aliphatic rings. The quantitative estimate of drug-likeness (QED) is 0.207. The lowest BCUT2D eigenvalue weighted by atomic mass is 10.1. The summed E-state index contributed by atoms with van der Waals surface area (Å²) in [6, 6.07) is 24.9. The molecule has 5 rings (SSSR count). The van der Waals surface area contributed by atoms with E-state index in [-0.39, 0.29) is 37.8 Å². The van der Waals surface area contributed by atoms with Gasteiger partial charge in [0, 0.05) is 22.8 Å². The van der Waals surface area contributed by atoms with Crippen molar-refractivity contribution in [3.63, 3.8) is 0 Å². The minimum atomic E-state index is -3.94. The Morgan fingerprint density at radius 1 is 0.902 bits per heavy atom. The van der Waals surface area contributed by atoms with Crippen LogP contribution >= 0.6 is 46.6 Å². The highest BCUT2D eigenvalue weighted by molar-refractivity contribution is 8.00. The smallest absolute Gasteiger partial charge is 0.261 e. The van der Waals surface area contributed by atoms with E-state index >= 15 is 0 Å². The second-order valence-corrected chi connectivity index (χ2v) is 13.1. The fourth-order valence-corrected chi connectivity index (χ4v) is 6.98. The minimum Gasteiger partial charge on any atom is -0.322 e. The van der Waals surface area contributed by atoms with Gasteiger partial charge in [-0.3, -0.25) is 14.3 Å². The molecule has 1 aliphatic heterocycles. The molecule has 12 heteroatoms. The lowest BCUT2D eigenvalue weighted by Crippen LogP contribution is -2.27. The first kappa shape index (κ1) is 29.3. The Morgan fingerprint density at radius 2 is 1.59 bits per heavy atom. The maximum atomic E-state index is 12.9. The number of rotatable bonds is 8. The maximum Gasteiger partial charge on any atom is 0.261 e. The highest BCUT2D eigenvalue weighted by Crippen LogP contribution is 2.39. The fourth-order valence-electron chi connectivity index (χ4n) is 4.19. The number of benzene rings is 4. The second-order valence-electron chi connectivity index (χ2n) is 9.12. The molecule has 2 N–H and O–H groups in total. The van der Waals surface area contributed by atoms with Gasteiger partial charge >= 0.3 is 0 Å². The number of carbonyl (C=O) groups is 2. The van der Waals surface area contributed by atoms with Crippen molar-refractivity contribution in [2.24, 2.45) is 0 Å². The van der Waals surface area contributed by atoms with Gasteiger partial charge in [0.2, 0.25) is 5.91 Å². The summed E-state index contributed by atoms with van der Waals surface area (Å²) < 4.78 is 28.0. The van der Waals surface area contributed by atoms with Crippen molar-refractivity contribution in [2.75, 3.05) is 15.8 Å². The molecular formula is C29H22Cl3N3O4S2. The van der Waals surface area contributed by atoms with Gasteiger partial charge in [-0.05, 0) is 71.8 Å². The maximum absolute atomic E-state index is 12.9. The normalized spacial score (nSPS) is 15.1. The molecule has 7 nitrogen and oxygen atoms in total. The third-order valence-electron chi connectivity index (χ3n) is 6.31. The van der Waals surface area contributed by atoms with Crippen LogP contribution in [0.4, 0.5) is 11.4 Å². The Balaban J connectivity index is 1.23. The molecule has 4 aromatic carbocycles. The van der Waals surface area contributed by atoms with Crippen LogP contribution in [-0.4, -0.2) is 30.9 Å². The Morgan fingerprint density at radius 3 is 2.27 bits per heavy atom. The summed E-state index contributed by atoms with van der Waals surface area (Å²) >= 11 is 19.6. The molecule has 0 saturated carbocycles. The van der Waals surface area contributed by atoms with Crippen LogP contribution in [0.25, 0.3) is 0 Å². The van der Waals surface area contributed by atoms with Gasteiger partial charge in [-0.1, -0.05) is 65.1 Å². The van der Waals surface area contributed by atoms with E-state index in [1.165, 1.54) is 42.1 Å². The number of halogens is 3. The second kappa shape index (κ2) is 12.3. The highest BCUT2D eigenvalue weighted by Gasteiger charge is 2.32. The van der Waals surface area contributed by atoms with Crippen molar-refractivity contribution < 1.29 is 18.0 Å². The summed E-state index contributed by atoms with van der Waals surface area (Å²) in [5.74, 6) is 0.0747. The average Bonchev–Trinajstić information content (AvgIpc) is 3.32.